The third-order valence-corrected chi connectivity index (χ3v) is 10.4. The lowest BCUT2D eigenvalue weighted by molar-refractivity contribution is -0.258. The van der Waals surface area contributed by atoms with Crippen LogP contribution >= 0.6 is 23.5 Å². The van der Waals surface area contributed by atoms with Gasteiger partial charge in [-0.1, -0.05) is 18.1 Å². The third-order valence-electron chi connectivity index (χ3n) is 7.13. The van der Waals surface area contributed by atoms with Gasteiger partial charge in [0.25, 0.3) is 0 Å². The van der Waals surface area contributed by atoms with Gasteiger partial charge in [0.05, 0.1) is 14.4 Å². The molecule has 0 spiro atoms. The second kappa shape index (κ2) is 6.73. The second-order valence-corrected chi connectivity index (χ2v) is 12.1. The summed E-state index contributed by atoms with van der Waals surface area (Å²) in [6.07, 6.45) is 8.07. The molecule has 1 nitrogen and oxygen atoms in total. The van der Waals surface area contributed by atoms with E-state index in [2.05, 4.69) is 5.92 Å². The Kier molecular flexibility index (Phi) is 4.66. The highest BCUT2D eigenvalue weighted by atomic mass is 32.2. The van der Waals surface area contributed by atoms with Gasteiger partial charge in [-0.15, -0.1) is 29.9 Å². The molecule has 0 N–H and O–H groups in total. The van der Waals surface area contributed by atoms with Crippen LogP contribution in [0, 0.1) is 12.3 Å². The van der Waals surface area contributed by atoms with Gasteiger partial charge in [0.2, 0.25) is 0 Å². The lowest BCUT2D eigenvalue weighted by Gasteiger charge is -2.47. The minimum Gasteiger partial charge on any atom is -0.378 e. The van der Waals surface area contributed by atoms with Crippen molar-refractivity contribution in [1.29, 1.82) is 0 Å². The maximum atomic E-state index is 15.2. The number of hydrogen-bond acceptors (Lipinski definition) is 3. The monoisotopic (exact) mass is 511 g/mol. The zero-order chi connectivity index (χ0) is 25.1. The van der Waals surface area contributed by atoms with Crippen LogP contribution in [-0.4, -0.2) is 41.4 Å². The van der Waals surface area contributed by atoms with Crippen LogP contribution in [-0.2, 0) is 0 Å². The minimum atomic E-state index is -5.57. The van der Waals surface area contributed by atoms with E-state index in [1.807, 2.05) is 31.1 Å². The Hall–Kier alpha value is -2.18. The van der Waals surface area contributed by atoms with Crippen LogP contribution < -0.4 is 4.90 Å². The van der Waals surface area contributed by atoms with Gasteiger partial charge in [0.1, 0.15) is 0 Å². The molecule has 0 saturated heterocycles. The topological polar surface area (TPSA) is 3.24 Å². The molecule has 0 radical (unpaired) electrons. The molecule has 0 unspecified atom stereocenters. The first-order valence-corrected chi connectivity index (χ1v) is 12.0. The van der Waals surface area contributed by atoms with Gasteiger partial charge in [-0.3, -0.25) is 0 Å². The predicted octanol–water partition coefficient (Wildman–Crippen LogP) is 7.15. The van der Waals surface area contributed by atoms with Crippen molar-refractivity contribution in [1.82, 2.24) is 0 Å². The average Bonchev–Trinajstić information content (AvgIpc) is 3.33. The normalized spacial score (nSPS) is 32.0. The summed E-state index contributed by atoms with van der Waals surface area (Å²) in [4.78, 5) is 2.67. The molecule has 9 heteroatoms. The van der Waals surface area contributed by atoms with Gasteiger partial charge in [-0.05, 0) is 54.8 Å². The molecule has 0 aromatic heterocycles. The maximum absolute atomic E-state index is 15.2. The van der Waals surface area contributed by atoms with Gasteiger partial charge >= 0.3 is 17.8 Å². The van der Waals surface area contributed by atoms with E-state index in [1.165, 1.54) is 23.9 Å². The Morgan fingerprint density at radius 3 is 1.79 bits per heavy atom. The fourth-order valence-corrected chi connectivity index (χ4v) is 7.99. The number of rotatable bonds is 2. The van der Waals surface area contributed by atoms with Crippen molar-refractivity contribution in [2.45, 2.75) is 41.1 Å². The lowest BCUT2D eigenvalue weighted by atomic mass is 9.71. The molecular formula is C25H19F6NS2. The van der Waals surface area contributed by atoms with Crippen molar-refractivity contribution >= 4 is 34.1 Å². The zero-order valence-electron chi connectivity index (χ0n) is 18.6. The Balaban J connectivity index is 1.81. The molecule has 2 aliphatic carbocycles. The van der Waals surface area contributed by atoms with E-state index in [0.717, 1.165) is 17.4 Å². The Morgan fingerprint density at radius 2 is 1.29 bits per heavy atom. The molecule has 1 saturated carbocycles. The Bertz CT molecular complexity index is 1300. The van der Waals surface area contributed by atoms with E-state index < -0.39 is 38.4 Å². The molecule has 2 heterocycles. The number of allylic oxidation sites excluding steroid dienone is 5. The summed E-state index contributed by atoms with van der Waals surface area (Å²) in [6.45, 7) is 3.25. The van der Waals surface area contributed by atoms with Gasteiger partial charge in [-0.25, -0.2) is 0 Å². The molecule has 178 valence electrons. The van der Waals surface area contributed by atoms with Crippen molar-refractivity contribution < 1.29 is 26.3 Å². The molecule has 34 heavy (non-hydrogen) atoms. The first kappa shape index (κ1) is 23.6. The van der Waals surface area contributed by atoms with Crippen molar-refractivity contribution in [2.75, 3.05) is 19.0 Å². The van der Waals surface area contributed by atoms with E-state index in [4.69, 9.17) is 6.42 Å². The van der Waals surface area contributed by atoms with Crippen LogP contribution in [0.4, 0.5) is 32.0 Å². The van der Waals surface area contributed by atoms with Crippen LogP contribution in [0.25, 0.3) is 4.91 Å². The first-order chi connectivity index (χ1) is 15.6. The summed E-state index contributed by atoms with van der Waals surface area (Å²) >= 11 is 2.29. The summed E-state index contributed by atoms with van der Waals surface area (Å²) < 4.78 is 87.2. The van der Waals surface area contributed by atoms with Gasteiger partial charge in [-0.2, -0.15) is 26.3 Å². The lowest BCUT2D eigenvalue weighted by Crippen LogP contribution is -2.48. The molecule has 0 bridgehead atoms. The minimum absolute atomic E-state index is 0.202. The van der Waals surface area contributed by atoms with E-state index in [1.54, 1.807) is 26.0 Å². The van der Waals surface area contributed by atoms with E-state index in [0.29, 0.717) is 10.5 Å². The van der Waals surface area contributed by atoms with Crippen LogP contribution in [0.1, 0.15) is 19.4 Å². The zero-order valence-corrected chi connectivity index (χ0v) is 20.2. The molecule has 2 atom stereocenters. The van der Waals surface area contributed by atoms with Crippen LogP contribution in [0.5, 0.6) is 0 Å². The van der Waals surface area contributed by atoms with E-state index in [9.17, 15) is 8.78 Å². The summed E-state index contributed by atoms with van der Waals surface area (Å²) in [5.74, 6) is -13.3. The maximum Gasteiger partial charge on any atom is 0.380 e. The molecule has 1 aromatic rings. The van der Waals surface area contributed by atoms with Gasteiger partial charge in [0, 0.05) is 35.8 Å². The van der Waals surface area contributed by atoms with Crippen molar-refractivity contribution in [3.8, 4) is 12.3 Å². The Morgan fingerprint density at radius 1 is 0.794 bits per heavy atom. The molecule has 0 amide bonds. The summed E-state index contributed by atoms with van der Waals surface area (Å²) in [7, 11) is 3.73. The highest BCUT2D eigenvalue weighted by Crippen LogP contribution is 2.74. The highest BCUT2D eigenvalue weighted by molar-refractivity contribution is 8.12. The predicted molar refractivity (Wildman–Crippen MR) is 127 cm³/mol. The molecular weight excluding hydrogens is 492 g/mol. The van der Waals surface area contributed by atoms with Gasteiger partial charge in [0.15, 0.2) is 0 Å². The van der Waals surface area contributed by atoms with Crippen molar-refractivity contribution in [3.63, 3.8) is 0 Å². The SMILES string of the molecule is C#CC1=CC2=C3C(=C4C=C(c5ccc(N(C)C)cc5)S[C@]4(C)[C@@]2(C)S1)C(F)(F)C(F)(F)C3(F)F. The number of hydrogen-bond donors (Lipinski definition) is 0. The fraction of sp³-hybridized carbons (Fsp3) is 0.360. The quantitative estimate of drug-likeness (QED) is 0.307. The van der Waals surface area contributed by atoms with Crippen LogP contribution in [0.15, 0.2) is 63.6 Å². The number of fused-ring (bicyclic) bond motifs is 4. The molecule has 1 aromatic carbocycles. The summed E-state index contributed by atoms with van der Waals surface area (Å²) in [6, 6.07) is 7.26. The number of thioether (sulfide) groups is 2. The summed E-state index contributed by atoms with van der Waals surface area (Å²) in [5.41, 5.74) is -1.44. The molecule has 5 rings (SSSR count). The number of anilines is 1. The molecule has 4 aliphatic rings. The molecule has 2 aliphatic heterocycles. The van der Waals surface area contributed by atoms with Crippen LogP contribution in [0.2, 0.25) is 0 Å². The largest absolute Gasteiger partial charge is 0.380 e. The number of alkyl halides is 6. The second-order valence-electron chi connectivity index (χ2n) is 9.17. The summed E-state index contributed by atoms with van der Waals surface area (Å²) in [5, 5.41) is 0. The number of halogens is 6. The molecule has 1 fully saturated rings. The highest BCUT2D eigenvalue weighted by Gasteiger charge is 2.84. The fourth-order valence-electron chi connectivity index (χ4n) is 5.05. The van der Waals surface area contributed by atoms with Crippen LogP contribution in [0.3, 0.4) is 0 Å². The first-order valence-electron chi connectivity index (χ1n) is 10.3. The van der Waals surface area contributed by atoms with Gasteiger partial charge < -0.3 is 4.90 Å². The average molecular weight is 512 g/mol. The Labute approximate surface area is 202 Å². The smallest absolute Gasteiger partial charge is 0.378 e. The van der Waals surface area contributed by atoms with E-state index in [-0.39, 0.29) is 16.1 Å². The number of benzene rings is 1. The number of nitrogens with zero attached hydrogens (tertiary/aromatic N) is 1. The standard InChI is InChI=1S/C25H19F6NS2/c1-6-15-11-16-19-20(24(28,29)25(30,31)23(19,26)27)17-12-18(34-22(17,3)21(16,2)33-15)13-7-9-14(10-8-13)32(4)5/h1,7-12H,2-5H3/t21-,22-/m0/s1. The van der Waals surface area contributed by atoms with E-state index >= 15 is 17.6 Å². The van der Waals surface area contributed by atoms with Crippen molar-refractivity contribution in [3.05, 3.63) is 69.2 Å². The number of terminal acetylenes is 1. The third kappa shape index (κ3) is 2.54. The van der Waals surface area contributed by atoms with Crippen molar-refractivity contribution in [2.24, 2.45) is 0 Å².